The van der Waals surface area contributed by atoms with Crippen molar-refractivity contribution < 1.29 is 0 Å². The van der Waals surface area contributed by atoms with Gasteiger partial charge in [-0.15, -0.1) is 0 Å². The highest BCUT2D eigenvalue weighted by Gasteiger charge is 2.24. The Kier molecular flexibility index (Phi) is 3.50. The van der Waals surface area contributed by atoms with Crippen molar-refractivity contribution in [3.05, 3.63) is 23.5 Å². The molecule has 0 aromatic carbocycles. The lowest BCUT2D eigenvalue weighted by Gasteiger charge is -2.23. The van der Waals surface area contributed by atoms with Gasteiger partial charge in [0.1, 0.15) is 0 Å². The zero-order valence-electron chi connectivity index (χ0n) is 11.7. The van der Waals surface area contributed by atoms with E-state index in [-0.39, 0.29) is 0 Å². The average Bonchev–Trinajstić information content (AvgIpc) is 2.48. The fraction of sp³-hybridized carbons (Fsp3) is 0.733. The largest absolute Gasteiger partial charge is 0.323 e. The van der Waals surface area contributed by atoms with Crippen LogP contribution in [0.2, 0.25) is 0 Å². The second kappa shape index (κ2) is 4.75. The van der Waals surface area contributed by atoms with Gasteiger partial charge in [0.05, 0.1) is 0 Å². The van der Waals surface area contributed by atoms with E-state index in [0.29, 0.717) is 11.5 Å². The van der Waals surface area contributed by atoms with Crippen molar-refractivity contribution in [3.8, 4) is 0 Å². The molecular weight excluding hydrogens is 208 g/mol. The maximum Gasteiger partial charge on any atom is 0.0424 e. The molecule has 1 atom stereocenters. The van der Waals surface area contributed by atoms with E-state index in [4.69, 9.17) is 0 Å². The maximum atomic E-state index is 3.69. The van der Waals surface area contributed by atoms with Gasteiger partial charge in [-0.1, -0.05) is 20.3 Å². The van der Waals surface area contributed by atoms with Crippen LogP contribution in [0.15, 0.2) is 12.1 Å². The van der Waals surface area contributed by atoms with Gasteiger partial charge >= 0.3 is 0 Å². The van der Waals surface area contributed by atoms with Gasteiger partial charge in [0.15, 0.2) is 0 Å². The number of rotatable bonds is 2. The lowest BCUT2D eigenvalue weighted by molar-refractivity contribution is 0.313. The molecule has 1 fully saturated rings. The van der Waals surface area contributed by atoms with Gasteiger partial charge in [-0.3, -0.25) is 4.68 Å². The van der Waals surface area contributed by atoms with Crippen molar-refractivity contribution in [2.45, 2.75) is 65.8 Å². The molecule has 0 spiro atoms. The van der Waals surface area contributed by atoms with Crippen LogP contribution in [-0.2, 0) is 0 Å². The van der Waals surface area contributed by atoms with E-state index in [1.54, 1.807) is 0 Å². The SMILES string of the molecule is Cc1ccc(C)n1NC1CCCC(C)(C)CC1. The molecule has 2 rings (SSSR count). The van der Waals surface area contributed by atoms with Gasteiger partial charge in [0.2, 0.25) is 0 Å². The van der Waals surface area contributed by atoms with Crippen LogP contribution in [0.1, 0.15) is 57.3 Å². The van der Waals surface area contributed by atoms with E-state index in [9.17, 15) is 0 Å². The predicted octanol–water partition coefficient (Wildman–Crippen LogP) is 4.01. The molecule has 0 bridgehead atoms. The minimum absolute atomic E-state index is 0.539. The highest BCUT2D eigenvalue weighted by atomic mass is 15.4. The summed E-state index contributed by atoms with van der Waals surface area (Å²) in [5.41, 5.74) is 6.85. The molecule has 1 saturated carbocycles. The standard InChI is InChI=1S/C15H26N2/c1-12-7-8-13(2)17(12)16-14-6-5-10-15(3,4)11-9-14/h7-8,14,16H,5-6,9-11H2,1-4H3. The monoisotopic (exact) mass is 234 g/mol. The van der Waals surface area contributed by atoms with Gasteiger partial charge in [0.25, 0.3) is 0 Å². The molecule has 2 nitrogen and oxygen atoms in total. The Morgan fingerprint density at radius 2 is 1.76 bits per heavy atom. The second-order valence-corrected chi connectivity index (χ2v) is 6.37. The zero-order valence-corrected chi connectivity index (χ0v) is 11.7. The third-order valence-corrected chi connectivity index (χ3v) is 4.16. The minimum Gasteiger partial charge on any atom is -0.323 e. The number of nitrogens with one attached hydrogen (secondary N) is 1. The summed E-state index contributed by atoms with van der Waals surface area (Å²) in [7, 11) is 0. The van der Waals surface area contributed by atoms with E-state index < -0.39 is 0 Å². The van der Waals surface area contributed by atoms with Crippen molar-refractivity contribution in [1.82, 2.24) is 4.68 Å². The summed E-state index contributed by atoms with van der Waals surface area (Å²) in [6, 6.07) is 5.01. The zero-order chi connectivity index (χ0) is 12.5. The van der Waals surface area contributed by atoms with Crippen LogP contribution in [0.5, 0.6) is 0 Å². The maximum absolute atomic E-state index is 3.69. The van der Waals surface area contributed by atoms with Crippen LogP contribution < -0.4 is 5.43 Å². The molecule has 96 valence electrons. The molecule has 17 heavy (non-hydrogen) atoms. The van der Waals surface area contributed by atoms with Crippen LogP contribution in [0.25, 0.3) is 0 Å². The third-order valence-electron chi connectivity index (χ3n) is 4.16. The topological polar surface area (TPSA) is 17.0 Å². The first-order valence-corrected chi connectivity index (χ1v) is 6.89. The summed E-state index contributed by atoms with van der Waals surface area (Å²) in [4.78, 5) is 0. The van der Waals surface area contributed by atoms with Crippen LogP contribution in [0, 0.1) is 19.3 Å². The van der Waals surface area contributed by atoms with E-state index >= 15 is 0 Å². The molecule has 0 radical (unpaired) electrons. The first kappa shape index (κ1) is 12.5. The number of aryl methyl sites for hydroxylation is 2. The van der Waals surface area contributed by atoms with Gasteiger partial charge in [-0.2, -0.15) is 0 Å². The van der Waals surface area contributed by atoms with E-state index in [2.05, 4.69) is 49.9 Å². The Balaban J connectivity index is 2.00. The lowest BCUT2D eigenvalue weighted by atomic mass is 9.85. The lowest BCUT2D eigenvalue weighted by Crippen LogP contribution is -2.29. The van der Waals surface area contributed by atoms with Crippen molar-refractivity contribution in [1.29, 1.82) is 0 Å². The Morgan fingerprint density at radius 1 is 1.12 bits per heavy atom. The molecule has 1 aromatic heterocycles. The molecule has 1 aromatic rings. The number of nitrogens with zero attached hydrogens (tertiary/aromatic N) is 1. The van der Waals surface area contributed by atoms with Crippen LogP contribution in [0.3, 0.4) is 0 Å². The Hall–Kier alpha value is -0.920. The molecule has 1 aliphatic rings. The van der Waals surface area contributed by atoms with Crippen LogP contribution in [-0.4, -0.2) is 10.7 Å². The second-order valence-electron chi connectivity index (χ2n) is 6.37. The van der Waals surface area contributed by atoms with Crippen molar-refractivity contribution >= 4 is 0 Å². The molecule has 0 aliphatic heterocycles. The number of hydrogen-bond acceptors (Lipinski definition) is 1. The molecular formula is C15H26N2. The van der Waals surface area contributed by atoms with Crippen molar-refractivity contribution in [3.63, 3.8) is 0 Å². The molecule has 0 amide bonds. The highest BCUT2D eigenvalue weighted by molar-refractivity contribution is 5.16. The van der Waals surface area contributed by atoms with Gasteiger partial charge in [-0.25, -0.2) is 0 Å². The normalized spacial score (nSPS) is 24.4. The van der Waals surface area contributed by atoms with E-state index in [1.165, 1.54) is 43.5 Å². The predicted molar refractivity (Wildman–Crippen MR) is 73.9 cm³/mol. The van der Waals surface area contributed by atoms with Crippen molar-refractivity contribution in [2.24, 2.45) is 5.41 Å². The van der Waals surface area contributed by atoms with Crippen LogP contribution >= 0.6 is 0 Å². The summed E-state index contributed by atoms with van der Waals surface area (Å²) in [5, 5.41) is 0. The van der Waals surface area contributed by atoms with Crippen LogP contribution in [0.4, 0.5) is 0 Å². The smallest absolute Gasteiger partial charge is 0.0424 e. The first-order chi connectivity index (χ1) is 7.98. The Bertz CT molecular complexity index is 357. The minimum atomic E-state index is 0.539. The van der Waals surface area contributed by atoms with Gasteiger partial charge in [0, 0.05) is 17.4 Å². The van der Waals surface area contributed by atoms with Gasteiger partial charge in [-0.05, 0) is 57.1 Å². The van der Waals surface area contributed by atoms with Gasteiger partial charge < -0.3 is 5.43 Å². The summed E-state index contributed by atoms with van der Waals surface area (Å²) in [6.07, 6.45) is 6.66. The summed E-state index contributed by atoms with van der Waals surface area (Å²) in [6.45, 7) is 9.14. The fourth-order valence-electron chi connectivity index (χ4n) is 2.85. The van der Waals surface area contributed by atoms with Crippen molar-refractivity contribution in [2.75, 3.05) is 5.43 Å². The third kappa shape index (κ3) is 3.05. The average molecular weight is 234 g/mol. The molecule has 1 unspecified atom stereocenters. The molecule has 1 aliphatic carbocycles. The number of hydrogen-bond donors (Lipinski definition) is 1. The van der Waals surface area contributed by atoms with E-state index in [0.717, 1.165) is 0 Å². The summed E-state index contributed by atoms with van der Waals surface area (Å²) in [5.74, 6) is 0. The summed E-state index contributed by atoms with van der Waals surface area (Å²) >= 11 is 0. The highest BCUT2D eigenvalue weighted by Crippen LogP contribution is 2.34. The molecule has 1 N–H and O–H groups in total. The molecule has 1 heterocycles. The Labute approximate surface area is 105 Å². The number of aromatic nitrogens is 1. The molecule has 2 heteroatoms. The first-order valence-electron chi connectivity index (χ1n) is 6.89. The molecule has 0 saturated heterocycles. The quantitative estimate of drug-likeness (QED) is 0.765. The van der Waals surface area contributed by atoms with E-state index in [1.807, 2.05) is 0 Å². The Morgan fingerprint density at radius 3 is 2.41 bits per heavy atom. The summed E-state index contributed by atoms with van der Waals surface area (Å²) < 4.78 is 2.25. The fourth-order valence-corrected chi connectivity index (χ4v) is 2.85.